The van der Waals surface area contributed by atoms with Crippen LogP contribution in [0.15, 0.2) is 67.1 Å². The predicted molar refractivity (Wildman–Crippen MR) is 215 cm³/mol. The number of carbonyl (C=O) groups excluding carboxylic acids is 5. The van der Waals surface area contributed by atoms with Crippen molar-refractivity contribution in [3.63, 3.8) is 0 Å². The molecule has 4 heterocycles. The van der Waals surface area contributed by atoms with Crippen LogP contribution < -0.4 is 26.0 Å². The number of epoxide rings is 1. The lowest BCUT2D eigenvalue weighted by Crippen LogP contribution is -2.42. The Morgan fingerprint density at radius 2 is 1.35 bits per heavy atom. The Bertz CT molecular complexity index is 2370. The molecule has 57 heavy (non-hydrogen) atoms. The molecule has 16 nitrogen and oxygen atoms in total. The Balaban J connectivity index is 1.09. The summed E-state index contributed by atoms with van der Waals surface area (Å²) in [5.74, 6) is -2.06. The van der Waals surface area contributed by atoms with Crippen LogP contribution in [0.1, 0.15) is 60.7 Å². The minimum absolute atomic E-state index is 0.205. The Hall–Kier alpha value is -6.39. The normalized spacial score (nSPS) is 15.2. The molecule has 0 spiro atoms. The second kappa shape index (κ2) is 16.4. The van der Waals surface area contributed by atoms with E-state index in [4.69, 9.17) is 14.2 Å². The van der Waals surface area contributed by atoms with Gasteiger partial charge < -0.3 is 54.1 Å². The van der Waals surface area contributed by atoms with Crippen molar-refractivity contribution in [3.05, 3.63) is 95.3 Å². The third-order valence-electron chi connectivity index (χ3n) is 9.82. The predicted octanol–water partition coefficient (Wildman–Crippen LogP) is 4.31. The number of nitrogens with one attached hydrogen (secondary N) is 4. The number of amides is 4. The van der Waals surface area contributed by atoms with E-state index in [1.54, 1.807) is 67.9 Å². The highest BCUT2D eigenvalue weighted by Gasteiger charge is 2.53. The molecule has 1 aliphatic heterocycles. The first-order valence-corrected chi connectivity index (χ1v) is 18.3. The lowest BCUT2D eigenvalue weighted by molar-refractivity contribution is -0.127. The number of carbonyl (C=O) groups is 5. The Morgan fingerprint density at radius 1 is 0.807 bits per heavy atom. The molecule has 4 amide bonds. The lowest BCUT2D eigenvalue weighted by atomic mass is 10.00. The van der Waals surface area contributed by atoms with E-state index in [0.29, 0.717) is 34.7 Å². The van der Waals surface area contributed by atoms with Gasteiger partial charge in [0.25, 0.3) is 23.6 Å². The highest BCUT2D eigenvalue weighted by molar-refractivity contribution is 6.09. The molecule has 3 aromatic heterocycles. The van der Waals surface area contributed by atoms with Gasteiger partial charge in [0.2, 0.25) is 6.10 Å². The zero-order valence-electron chi connectivity index (χ0n) is 33.3. The van der Waals surface area contributed by atoms with Gasteiger partial charge in [-0.3, -0.25) is 19.2 Å². The molecule has 0 unspecified atom stereocenters. The molecule has 0 aliphatic carbocycles. The van der Waals surface area contributed by atoms with Crippen molar-refractivity contribution in [2.45, 2.75) is 32.0 Å². The Morgan fingerprint density at radius 3 is 1.88 bits per heavy atom. The molecule has 1 saturated heterocycles. The average molecular weight is 781 g/mol. The van der Waals surface area contributed by atoms with Gasteiger partial charge in [-0.25, -0.2) is 4.79 Å². The second-order valence-corrected chi connectivity index (χ2v) is 14.7. The fourth-order valence-electron chi connectivity index (χ4n) is 6.55. The molecule has 1 aliphatic rings. The molecule has 300 valence electrons. The topological polar surface area (TPSA) is 182 Å². The zero-order chi connectivity index (χ0) is 41.2. The molecular formula is C41H48N8O8. The molecule has 5 aromatic rings. The average Bonchev–Trinajstić information content (AvgIpc) is 3.41. The lowest BCUT2D eigenvalue weighted by Gasteiger charge is -2.21. The van der Waals surface area contributed by atoms with Crippen molar-refractivity contribution in [2.24, 2.45) is 21.1 Å². The SMILES string of the molecule is COc1cc(C(=O)O[C@H](C(=O)Nc2cc(C(=O)Nc3cc(C(=O)Nc4cc(C(=O)NCCCN(C)C)n(C)c4)n(C)c3)n(C)c2)[C@]2(C)CO2)c2cccc(C)c2c1. The number of hydrogen-bond acceptors (Lipinski definition) is 9. The maximum Gasteiger partial charge on any atom is 0.339 e. The molecule has 4 N–H and O–H groups in total. The molecule has 1 fully saturated rings. The quantitative estimate of drug-likeness (QED) is 0.0684. The van der Waals surface area contributed by atoms with Gasteiger partial charge in [0, 0.05) is 46.3 Å². The molecule has 6 rings (SSSR count). The maximum atomic E-state index is 13.7. The second-order valence-electron chi connectivity index (χ2n) is 14.7. The molecule has 0 saturated carbocycles. The summed E-state index contributed by atoms with van der Waals surface area (Å²) < 4.78 is 21.6. The summed E-state index contributed by atoms with van der Waals surface area (Å²) in [6.07, 6.45) is 4.30. The standard InChI is InChI=1S/C41H48N8O8/c1-24-11-9-12-29-30(24)18-28(55-8)19-31(29)40(54)57-35(41(2)23-56-41)39(53)45-27-17-34(49(7)22-27)38(52)44-26-16-33(48(6)21-26)37(51)43-25-15-32(47(5)20-25)36(50)42-13-10-14-46(3)4/h9,11-12,15-22,35H,10,13-14,23H2,1-8H3,(H,42,50)(H,43,51)(H,44,52)(H,45,53)/t35-,41+/m1/s1. The first-order valence-electron chi connectivity index (χ1n) is 18.3. The van der Waals surface area contributed by atoms with Crippen LogP contribution in [-0.2, 0) is 35.4 Å². The van der Waals surface area contributed by atoms with Crippen LogP contribution in [0.3, 0.4) is 0 Å². The van der Waals surface area contributed by atoms with Crippen LogP contribution in [0, 0.1) is 6.92 Å². The first kappa shape index (κ1) is 40.3. The number of anilines is 3. The third-order valence-corrected chi connectivity index (χ3v) is 9.82. The summed E-state index contributed by atoms with van der Waals surface area (Å²) in [6, 6.07) is 13.6. The molecule has 2 aromatic carbocycles. The number of rotatable bonds is 15. The summed E-state index contributed by atoms with van der Waals surface area (Å²) in [5, 5.41) is 12.8. The number of fused-ring (bicyclic) bond motifs is 1. The van der Waals surface area contributed by atoms with Crippen molar-refractivity contribution in [3.8, 4) is 5.75 Å². The summed E-state index contributed by atoms with van der Waals surface area (Å²) >= 11 is 0. The van der Waals surface area contributed by atoms with Gasteiger partial charge in [-0.05, 0) is 87.6 Å². The van der Waals surface area contributed by atoms with Gasteiger partial charge in [0.15, 0.2) is 0 Å². The minimum atomic E-state index is -1.31. The number of aryl methyl sites for hydroxylation is 4. The van der Waals surface area contributed by atoms with Gasteiger partial charge in [0.05, 0.1) is 36.3 Å². The van der Waals surface area contributed by atoms with Gasteiger partial charge in [0.1, 0.15) is 28.4 Å². The number of benzene rings is 2. The van der Waals surface area contributed by atoms with E-state index in [-0.39, 0.29) is 35.2 Å². The van der Waals surface area contributed by atoms with E-state index in [9.17, 15) is 24.0 Å². The van der Waals surface area contributed by atoms with Crippen LogP contribution in [0.4, 0.5) is 17.1 Å². The summed E-state index contributed by atoms with van der Waals surface area (Å²) in [4.78, 5) is 68.8. The number of ether oxygens (including phenoxy) is 3. The largest absolute Gasteiger partial charge is 0.497 e. The Kier molecular flexibility index (Phi) is 11.6. The number of aromatic nitrogens is 3. The van der Waals surface area contributed by atoms with Crippen molar-refractivity contribution < 1.29 is 38.2 Å². The fourth-order valence-corrected chi connectivity index (χ4v) is 6.55. The molecular weight excluding hydrogens is 732 g/mol. The highest BCUT2D eigenvalue weighted by Crippen LogP contribution is 2.35. The highest BCUT2D eigenvalue weighted by atomic mass is 16.6. The van der Waals surface area contributed by atoms with Gasteiger partial charge in [-0.2, -0.15) is 0 Å². The maximum absolute atomic E-state index is 13.7. The molecule has 2 atom stereocenters. The monoisotopic (exact) mass is 780 g/mol. The fraction of sp³-hybridized carbons (Fsp3) is 0.341. The van der Waals surface area contributed by atoms with Gasteiger partial charge in [-0.1, -0.05) is 18.2 Å². The third kappa shape index (κ3) is 9.03. The number of nitrogens with zero attached hydrogens (tertiary/aromatic N) is 4. The van der Waals surface area contributed by atoms with Crippen LogP contribution in [-0.4, -0.2) is 101 Å². The Labute approximate surface area is 330 Å². The van der Waals surface area contributed by atoms with Crippen molar-refractivity contribution in [1.29, 1.82) is 0 Å². The molecule has 0 bridgehead atoms. The van der Waals surface area contributed by atoms with E-state index in [1.807, 2.05) is 50.2 Å². The summed E-state index contributed by atoms with van der Waals surface area (Å²) in [5.41, 5.74) is 2.10. The van der Waals surface area contributed by atoms with E-state index >= 15 is 0 Å². The van der Waals surface area contributed by atoms with Gasteiger partial charge >= 0.3 is 5.97 Å². The first-order chi connectivity index (χ1) is 27.1. The van der Waals surface area contributed by atoms with Gasteiger partial charge in [-0.15, -0.1) is 0 Å². The number of methoxy groups -OCH3 is 1. The number of hydrogen-bond donors (Lipinski definition) is 4. The zero-order valence-corrected chi connectivity index (χ0v) is 33.3. The van der Waals surface area contributed by atoms with Crippen LogP contribution in [0.25, 0.3) is 10.8 Å². The molecule has 16 heteroatoms. The van der Waals surface area contributed by atoms with Crippen LogP contribution in [0.2, 0.25) is 0 Å². The summed E-state index contributed by atoms with van der Waals surface area (Å²) in [6.45, 7) is 5.19. The van der Waals surface area contributed by atoms with Crippen molar-refractivity contribution >= 4 is 57.4 Å². The van der Waals surface area contributed by atoms with E-state index in [1.165, 1.54) is 23.8 Å². The van der Waals surface area contributed by atoms with Crippen LogP contribution >= 0.6 is 0 Å². The van der Waals surface area contributed by atoms with Crippen molar-refractivity contribution in [1.82, 2.24) is 23.9 Å². The minimum Gasteiger partial charge on any atom is -0.497 e. The molecule has 0 radical (unpaired) electrons. The summed E-state index contributed by atoms with van der Waals surface area (Å²) in [7, 11) is 10.5. The van der Waals surface area contributed by atoms with E-state index in [2.05, 4.69) is 21.3 Å². The van der Waals surface area contributed by atoms with Crippen LogP contribution in [0.5, 0.6) is 5.75 Å². The van der Waals surface area contributed by atoms with Crippen molar-refractivity contribution in [2.75, 3.05) is 56.9 Å². The van der Waals surface area contributed by atoms with E-state index < -0.39 is 35.4 Å². The smallest absolute Gasteiger partial charge is 0.339 e. The van der Waals surface area contributed by atoms with E-state index in [0.717, 1.165) is 23.9 Å². The number of esters is 1.